The van der Waals surface area contributed by atoms with Crippen LogP contribution < -0.4 is 10.1 Å². The molecule has 2 N–H and O–H groups in total. The predicted octanol–water partition coefficient (Wildman–Crippen LogP) is 2.09. The van der Waals surface area contributed by atoms with Gasteiger partial charge in [-0.05, 0) is 35.4 Å². The smallest absolute Gasteiger partial charge is 0.160 e. The average Bonchev–Trinajstić information content (AvgIpc) is 2.40. The molecule has 0 radical (unpaired) electrons. The molecule has 0 aliphatic heterocycles. The normalized spacial score (nSPS) is 10.3. The van der Waals surface area contributed by atoms with Gasteiger partial charge in [0.2, 0.25) is 0 Å². The predicted molar refractivity (Wildman–Crippen MR) is 69.4 cm³/mol. The van der Waals surface area contributed by atoms with Crippen LogP contribution in [0.1, 0.15) is 11.1 Å². The van der Waals surface area contributed by atoms with Gasteiger partial charge in [-0.3, -0.25) is 4.98 Å². The van der Waals surface area contributed by atoms with Crippen molar-refractivity contribution in [3.05, 3.63) is 53.9 Å². The SMILES string of the molecule is COc1ccc(CNCc2ccncc2)cc1O. The molecule has 0 unspecified atom stereocenters. The number of methoxy groups -OCH3 is 1. The second-order valence-electron chi connectivity index (χ2n) is 3.97. The van der Waals surface area contributed by atoms with E-state index in [-0.39, 0.29) is 5.75 Å². The lowest BCUT2D eigenvalue weighted by Gasteiger charge is -2.07. The van der Waals surface area contributed by atoms with Gasteiger partial charge in [0.05, 0.1) is 7.11 Å². The third kappa shape index (κ3) is 3.21. The second-order valence-corrected chi connectivity index (χ2v) is 3.97. The van der Waals surface area contributed by atoms with Crippen LogP contribution in [0.25, 0.3) is 0 Å². The first kappa shape index (κ1) is 12.4. The molecule has 0 aliphatic rings. The summed E-state index contributed by atoms with van der Waals surface area (Å²) < 4.78 is 5.00. The minimum Gasteiger partial charge on any atom is -0.504 e. The Bertz CT molecular complexity index is 500. The summed E-state index contributed by atoms with van der Waals surface area (Å²) in [5.41, 5.74) is 2.20. The summed E-state index contributed by atoms with van der Waals surface area (Å²) in [4.78, 5) is 3.97. The molecule has 1 aromatic heterocycles. The van der Waals surface area contributed by atoms with Crippen LogP contribution in [0.4, 0.5) is 0 Å². The Morgan fingerprint density at radius 3 is 2.50 bits per heavy atom. The van der Waals surface area contributed by atoms with E-state index in [1.165, 1.54) is 12.7 Å². The third-order valence-electron chi connectivity index (χ3n) is 2.65. The van der Waals surface area contributed by atoms with Gasteiger partial charge >= 0.3 is 0 Å². The first-order valence-electron chi connectivity index (χ1n) is 5.75. The number of aromatic nitrogens is 1. The molecular weight excluding hydrogens is 228 g/mol. The topological polar surface area (TPSA) is 54.4 Å². The lowest BCUT2D eigenvalue weighted by atomic mass is 10.2. The van der Waals surface area contributed by atoms with E-state index >= 15 is 0 Å². The Labute approximate surface area is 106 Å². The first-order valence-corrected chi connectivity index (χ1v) is 5.75. The number of ether oxygens (including phenoxy) is 1. The van der Waals surface area contributed by atoms with E-state index in [0.29, 0.717) is 12.3 Å². The summed E-state index contributed by atoms with van der Waals surface area (Å²) in [5.74, 6) is 0.661. The van der Waals surface area contributed by atoms with Crippen LogP contribution in [0.5, 0.6) is 11.5 Å². The van der Waals surface area contributed by atoms with Crippen molar-refractivity contribution in [3.63, 3.8) is 0 Å². The number of nitrogens with one attached hydrogen (secondary N) is 1. The minimum absolute atomic E-state index is 0.167. The lowest BCUT2D eigenvalue weighted by Crippen LogP contribution is -2.12. The van der Waals surface area contributed by atoms with E-state index in [0.717, 1.165) is 12.1 Å². The highest BCUT2D eigenvalue weighted by Crippen LogP contribution is 2.26. The van der Waals surface area contributed by atoms with E-state index in [9.17, 15) is 5.11 Å². The molecule has 0 fully saturated rings. The Hall–Kier alpha value is -2.07. The molecule has 18 heavy (non-hydrogen) atoms. The molecule has 0 saturated heterocycles. The molecule has 0 atom stereocenters. The van der Waals surface area contributed by atoms with Gasteiger partial charge in [-0.1, -0.05) is 6.07 Å². The fourth-order valence-corrected chi connectivity index (χ4v) is 1.70. The Kier molecular flexibility index (Phi) is 4.15. The van der Waals surface area contributed by atoms with Crippen LogP contribution in [0.15, 0.2) is 42.7 Å². The number of benzene rings is 1. The van der Waals surface area contributed by atoms with Crippen molar-refractivity contribution in [3.8, 4) is 11.5 Å². The van der Waals surface area contributed by atoms with Crippen molar-refractivity contribution in [2.24, 2.45) is 0 Å². The van der Waals surface area contributed by atoms with Gasteiger partial charge in [0.25, 0.3) is 0 Å². The van der Waals surface area contributed by atoms with Crippen molar-refractivity contribution < 1.29 is 9.84 Å². The zero-order chi connectivity index (χ0) is 12.8. The molecule has 1 heterocycles. The van der Waals surface area contributed by atoms with E-state index < -0.39 is 0 Å². The fourth-order valence-electron chi connectivity index (χ4n) is 1.70. The number of phenolic OH excluding ortho intramolecular Hbond substituents is 1. The van der Waals surface area contributed by atoms with Gasteiger partial charge in [-0.15, -0.1) is 0 Å². The zero-order valence-electron chi connectivity index (χ0n) is 10.3. The van der Waals surface area contributed by atoms with Gasteiger partial charge in [0.1, 0.15) is 0 Å². The van der Waals surface area contributed by atoms with E-state index in [4.69, 9.17) is 4.74 Å². The van der Waals surface area contributed by atoms with Crippen molar-refractivity contribution in [2.75, 3.05) is 7.11 Å². The molecule has 1 aromatic carbocycles. The summed E-state index contributed by atoms with van der Waals surface area (Å²) in [6.07, 6.45) is 3.55. The molecule has 0 aliphatic carbocycles. The molecule has 0 saturated carbocycles. The summed E-state index contributed by atoms with van der Waals surface area (Å²) in [5, 5.41) is 12.9. The standard InChI is InChI=1S/C14H16N2O2/c1-18-14-3-2-12(8-13(14)17)10-16-9-11-4-6-15-7-5-11/h2-8,16-17H,9-10H2,1H3. The Morgan fingerprint density at radius 2 is 1.83 bits per heavy atom. The van der Waals surface area contributed by atoms with Crippen LogP contribution >= 0.6 is 0 Å². The van der Waals surface area contributed by atoms with Crippen LogP contribution in [-0.2, 0) is 13.1 Å². The van der Waals surface area contributed by atoms with Gasteiger partial charge in [-0.25, -0.2) is 0 Å². The van der Waals surface area contributed by atoms with Gasteiger partial charge < -0.3 is 15.2 Å². The average molecular weight is 244 g/mol. The van der Waals surface area contributed by atoms with Crippen molar-refractivity contribution in [1.29, 1.82) is 0 Å². The quantitative estimate of drug-likeness (QED) is 0.845. The Morgan fingerprint density at radius 1 is 1.11 bits per heavy atom. The van der Waals surface area contributed by atoms with Crippen molar-refractivity contribution in [1.82, 2.24) is 10.3 Å². The van der Waals surface area contributed by atoms with Crippen LogP contribution in [0.2, 0.25) is 0 Å². The maximum absolute atomic E-state index is 9.65. The van der Waals surface area contributed by atoms with E-state index in [1.807, 2.05) is 18.2 Å². The monoisotopic (exact) mass is 244 g/mol. The highest BCUT2D eigenvalue weighted by atomic mass is 16.5. The van der Waals surface area contributed by atoms with Gasteiger partial charge in [-0.2, -0.15) is 0 Å². The molecule has 0 bridgehead atoms. The fraction of sp³-hybridized carbons (Fsp3) is 0.214. The summed E-state index contributed by atoms with van der Waals surface area (Å²) >= 11 is 0. The molecule has 2 aromatic rings. The highest BCUT2D eigenvalue weighted by Gasteiger charge is 2.02. The maximum Gasteiger partial charge on any atom is 0.160 e. The molecule has 94 valence electrons. The number of nitrogens with zero attached hydrogens (tertiary/aromatic N) is 1. The highest BCUT2D eigenvalue weighted by molar-refractivity contribution is 5.41. The van der Waals surface area contributed by atoms with Crippen LogP contribution in [-0.4, -0.2) is 17.2 Å². The van der Waals surface area contributed by atoms with Crippen molar-refractivity contribution >= 4 is 0 Å². The van der Waals surface area contributed by atoms with Gasteiger partial charge in [0, 0.05) is 25.5 Å². The summed E-state index contributed by atoms with van der Waals surface area (Å²) in [6, 6.07) is 9.34. The molecular formula is C14H16N2O2. The number of hydrogen-bond acceptors (Lipinski definition) is 4. The first-order chi connectivity index (χ1) is 8.79. The zero-order valence-corrected chi connectivity index (χ0v) is 10.3. The lowest BCUT2D eigenvalue weighted by molar-refractivity contribution is 0.373. The molecule has 0 amide bonds. The second kappa shape index (κ2) is 6.02. The number of aromatic hydroxyl groups is 1. The number of rotatable bonds is 5. The maximum atomic E-state index is 9.65. The number of phenols is 1. The molecule has 4 heteroatoms. The number of pyridine rings is 1. The number of hydrogen-bond donors (Lipinski definition) is 2. The molecule has 4 nitrogen and oxygen atoms in total. The molecule has 0 spiro atoms. The van der Waals surface area contributed by atoms with E-state index in [2.05, 4.69) is 10.3 Å². The van der Waals surface area contributed by atoms with E-state index in [1.54, 1.807) is 24.5 Å². The van der Waals surface area contributed by atoms with Gasteiger partial charge in [0.15, 0.2) is 11.5 Å². The summed E-state index contributed by atoms with van der Waals surface area (Å²) in [6.45, 7) is 1.47. The summed E-state index contributed by atoms with van der Waals surface area (Å²) in [7, 11) is 1.54. The largest absolute Gasteiger partial charge is 0.504 e. The van der Waals surface area contributed by atoms with Crippen LogP contribution in [0, 0.1) is 0 Å². The molecule has 2 rings (SSSR count). The van der Waals surface area contributed by atoms with Crippen molar-refractivity contribution in [2.45, 2.75) is 13.1 Å². The minimum atomic E-state index is 0.167. The van der Waals surface area contributed by atoms with Crippen LogP contribution in [0.3, 0.4) is 0 Å². The Balaban J connectivity index is 1.89. The third-order valence-corrected chi connectivity index (χ3v) is 2.65.